The molecule has 0 aliphatic heterocycles. The van der Waals surface area contributed by atoms with Crippen molar-refractivity contribution in [1.82, 2.24) is 5.32 Å². The maximum Gasteiger partial charge on any atom is 0.126 e. The molecule has 3 N–H and O–H groups in total. The van der Waals surface area contributed by atoms with Gasteiger partial charge in [0.15, 0.2) is 0 Å². The van der Waals surface area contributed by atoms with E-state index in [4.69, 9.17) is 10.5 Å². The van der Waals surface area contributed by atoms with Gasteiger partial charge in [0.1, 0.15) is 5.75 Å². The average molecular weight is 222 g/mol. The van der Waals surface area contributed by atoms with Crippen molar-refractivity contribution in [3.05, 3.63) is 28.8 Å². The molecule has 1 aromatic carbocycles. The van der Waals surface area contributed by atoms with E-state index in [9.17, 15) is 0 Å². The molecule has 0 saturated heterocycles. The third-order valence-corrected chi connectivity index (χ3v) is 2.57. The normalized spacial score (nSPS) is 10.5. The lowest BCUT2D eigenvalue weighted by Crippen LogP contribution is -2.18. The summed E-state index contributed by atoms with van der Waals surface area (Å²) in [5.74, 6) is 0.992. The van der Waals surface area contributed by atoms with E-state index in [0.717, 1.165) is 31.8 Å². The SMILES string of the molecule is COc1c(C)cc(C)cc1CNCCCN. The van der Waals surface area contributed by atoms with E-state index in [1.807, 2.05) is 0 Å². The first kappa shape index (κ1) is 13.0. The maximum atomic E-state index is 5.45. The largest absolute Gasteiger partial charge is 0.496 e. The third-order valence-electron chi connectivity index (χ3n) is 2.57. The van der Waals surface area contributed by atoms with Crippen LogP contribution in [0.3, 0.4) is 0 Å². The van der Waals surface area contributed by atoms with E-state index in [1.165, 1.54) is 16.7 Å². The summed E-state index contributed by atoms with van der Waals surface area (Å²) >= 11 is 0. The van der Waals surface area contributed by atoms with Gasteiger partial charge in [0.2, 0.25) is 0 Å². The zero-order chi connectivity index (χ0) is 12.0. The van der Waals surface area contributed by atoms with Gasteiger partial charge in [-0.1, -0.05) is 17.7 Å². The van der Waals surface area contributed by atoms with Crippen molar-refractivity contribution in [2.24, 2.45) is 5.73 Å². The molecule has 0 bridgehead atoms. The molecular formula is C13H22N2O. The van der Waals surface area contributed by atoms with Crippen LogP contribution in [0.1, 0.15) is 23.1 Å². The first-order valence-electron chi connectivity index (χ1n) is 5.74. The number of nitrogens with one attached hydrogen (secondary N) is 1. The van der Waals surface area contributed by atoms with E-state index in [0.29, 0.717) is 0 Å². The van der Waals surface area contributed by atoms with Crippen molar-refractivity contribution in [1.29, 1.82) is 0 Å². The minimum Gasteiger partial charge on any atom is -0.496 e. The minimum absolute atomic E-state index is 0.733. The summed E-state index contributed by atoms with van der Waals surface area (Å²) in [6, 6.07) is 4.31. The Morgan fingerprint density at radius 3 is 2.69 bits per heavy atom. The summed E-state index contributed by atoms with van der Waals surface area (Å²) < 4.78 is 5.42. The van der Waals surface area contributed by atoms with Gasteiger partial charge in [0.05, 0.1) is 7.11 Å². The second kappa shape index (κ2) is 6.51. The van der Waals surface area contributed by atoms with Crippen LogP contribution >= 0.6 is 0 Å². The van der Waals surface area contributed by atoms with Crippen molar-refractivity contribution in [3.8, 4) is 5.75 Å². The summed E-state index contributed by atoms with van der Waals surface area (Å²) in [5.41, 5.74) is 9.13. The van der Waals surface area contributed by atoms with Gasteiger partial charge in [0, 0.05) is 12.1 Å². The smallest absolute Gasteiger partial charge is 0.126 e. The Morgan fingerprint density at radius 1 is 1.31 bits per heavy atom. The van der Waals surface area contributed by atoms with Crippen LogP contribution in [0.15, 0.2) is 12.1 Å². The van der Waals surface area contributed by atoms with Gasteiger partial charge in [-0.2, -0.15) is 0 Å². The molecule has 0 aliphatic rings. The van der Waals surface area contributed by atoms with E-state index in [1.54, 1.807) is 7.11 Å². The van der Waals surface area contributed by atoms with Gasteiger partial charge in [-0.15, -0.1) is 0 Å². The first-order chi connectivity index (χ1) is 7.69. The Hall–Kier alpha value is -1.06. The van der Waals surface area contributed by atoms with Crippen LogP contribution in [0.5, 0.6) is 5.75 Å². The van der Waals surface area contributed by atoms with Crippen molar-refractivity contribution < 1.29 is 4.74 Å². The molecule has 1 rings (SSSR count). The lowest BCUT2D eigenvalue weighted by molar-refractivity contribution is 0.404. The first-order valence-corrected chi connectivity index (χ1v) is 5.74. The molecule has 0 amide bonds. The number of hydrogen-bond acceptors (Lipinski definition) is 3. The minimum atomic E-state index is 0.733. The highest BCUT2D eigenvalue weighted by atomic mass is 16.5. The summed E-state index contributed by atoms with van der Waals surface area (Å²) in [4.78, 5) is 0. The Bertz CT molecular complexity index is 337. The molecule has 0 atom stereocenters. The zero-order valence-corrected chi connectivity index (χ0v) is 10.5. The van der Waals surface area contributed by atoms with E-state index >= 15 is 0 Å². The van der Waals surface area contributed by atoms with E-state index < -0.39 is 0 Å². The third kappa shape index (κ3) is 3.51. The molecule has 0 radical (unpaired) electrons. The van der Waals surface area contributed by atoms with Gasteiger partial charge in [-0.05, 0) is 38.9 Å². The highest BCUT2D eigenvalue weighted by Gasteiger charge is 2.06. The van der Waals surface area contributed by atoms with Crippen LogP contribution in [0.25, 0.3) is 0 Å². The van der Waals surface area contributed by atoms with Gasteiger partial charge in [-0.3, -0.25) is 0 Å². The van der Waals surface area contributed by atoms with Crippen LogP contribution in [0.4, 0.5) is 0 Å². The Kier molecular flexibility index (Phi) is 5.29. The second-order valence-electron chi connectivity index (χ2n) is 4.09. The predicted octanol–water partition coefficient (Wildman–Crippen LogP) is 1.75. The number of benzene rings is 1. The Labute approximate surface area is 98.0 Å². The quantitative estimate of drug-likeness (QED) is 0.721. The van der Waals surface area contributed by atoms with Crippen LogP contribution < -0.4 is 15.8 Å². The molecule has 90 valence electrons. The molecular weight excluding hydrogens is 200 g/mol. The standard InChI is InChI=1S/C13H22N2O/c1-10-7-11(2)13(16-3)12(8-10)9-15-6-4-5-14/h7-8,15H,4-6,9,14H2,1-3H3. The van der Waals surface area contributed by atoms with E-state index in [-0.39, 0.29) is 0 Å². The van der Waals surface area contributed by atoms with Crippen LogP contribution in [0, 0.1) is 13.8 Å². The molecule has 0 spiro atoms. The summed E-state index contributed by atoms with van der Waals surface area (Å²) in [5, 5.41) is 3.37. The van der Waals surface area contributed by atoms with Gasteiger partial charge in [0.25, 0.3) is 0 Å². The molecule has 1 aromatic rings. The monoisotopic (exact) mass is 222 g/mol. The second-order valence-corrected chi connectivity index (χ2v) is 4.09. The fraction of sp³-hybridized carbons (Fsp3) is 0.538. The average Bonchev–Trinajstić information content (AvgIpc) is 2.24. The van der Waals surface area contributed by atoms with Crippen molar-refractivity contribution in [2.45, 2.75) is 26.8 Å². The maximum absolute atomic E-state index is 5.45. The lowest BCUT2D eigenvalue weighted by Gasteiger charge is -2.13. The molecule has 0 heterocycles. The van der Waals surface area contributed by atoms with Gasteiger partial charge in [-0.25, -0.2) is 0 Å². The molecule has 0 aromatic heterocycles. The van der Waals surface area contributed by atoms with Crippen molar-refractivity contribution >= 4 is 0 Å². The number of hydrogen-bond donors (Lipinski definition) is 2. The van der Waals surface area contributed by atoms with Gasteiger partial charge >= 0.3 is 0 Å². The molecule has 0 aliphatic carbocycles. The Morgan fingerprint density at radius 2 is 2.06 bits per heavy atom. The molecule has 16 heavy (non-hydrogen) atoms. The molecule has 3 heteroatoms. The van der Waals surface area contributed by atoms with E-state index in [2.05, 4.69) is 31.3 Å². The van der Waals surface area contributed by atoms with Crippen LogP contribution in [-0.4, -0.2) is 20.2 Å². The fourth-order valence-electron chi connectivity index (χ4n) is 1.92. The van der Waals surface area contributed by atoms with Gasteiger partial charge < -0.3 is 15.8 Å². The van der Waals surface area contributed by atoms with Crippen LogP contribution in [-0.2, 0) is 6.54 Å². The molecule has 0 fully saturated rings. The summed E-state index contributed by atoms with van der Waals surface area (Å²) in [6.45, 7) is 6.71. The fourth-order valence-corrected chi connectivity index (χ4v) is 1.92. The lowest BCUT2D eigenvalue weighted by atomic mass is 10.1. The number of ether oxygens (including phenoxy) is 1. The Balaban J connectivity index is 2.69. The summed E-state index contributed by atoms with van der Waals surface area (Å²) in [7, 11) is 1.72. The number of rotatable bonds is 6. The highest BCUT2D eigenvalue weighted by Crippen LogP contribution is 2.24. The molecule has 0 saturated carbocycles. The molecule has 3 nitrogen and oxygen atoms in total. The predicted molar refractivity (Wildman–Crippen MR) is 67.8 cm³/mol. The number of aryl methyl sites for hydroxylation is 2. The highest BCUT2D eigenvalue weighted by molar-refractivity contribution is 5.43. The number of nitrogens with two attached hydrogens (primary N) is 1. The summed E-state index contributed by atoms with van der Waals surface area (Å²) in [6.07, 6.45) is 1.01. The molecule has 0 unspecified atom stereocenters. The van der Waals surface area contributed by atoms with Crippen molar-refractivity contribution in [3.63, 3.8) is 0 Å². The number of methoxy groups -OCH3 is 1. The van der Waals surface area contributed by atoms with Crippen LogP contribution in [0.2, 0.25) is 0 Å². The topological polar surface area (TPSA) is 47.3 Å². The zero-order valence-electron chi connectivity index (χ0n) is 10.5. The van der Waals surface area contributed by atoms with Crippen molar-refractivity contribution in [2.75, 3.05) is 20.2 Å².